The molecule has 0 aromatic heterocycles. The number of hydrogen-bond donors (Lipinski definition) is 1. The van der Waals surface area contributed by atoms with Gasteiger partial charge in [-0.05, 0) is 6.07 Å². The highest BCUT2D eigenvalue weighted by Crippen LogP contribution is 2.09. The van der Waals surface area contributed by atoms with Gasteiger partial charge in [-0.1, -0.05) is 18.2 Å². The molecule has 66 valence electrons. The van der Waals surface area contributed by atoms with Gasteiger partial charge in [-0.25, -0.2) is 4.39 Å². The molecule has 5 heteroatoms. The molecule has 0 radical (unpaired) electrons. The fraction of sp³-hybridized carbons (Fsp3) is 0.143. The molecule has 0 saturated carbocycles. The second kappa shape index (κ2) is 3.20. The van der Waals surface area contributed by atoms with Crippen LogP contribution in [-0.2, 0) is 15.9 Å². The largest absolute Gasteiger partial charge is 0.285 e. The van der Waals surface area contributed by atoms with E-state index in [1.807, 2.05) is 0 Å². The Balaban J connectivity index is 2.98. The molecule has 0 saturated heterocycles. The third-order valence-corrected chi connectivity index (χ3v) is 1.97. The number of hydrogen-bond acceptors (Lipinski definition) is 2. The molecule has 0 bridgehead atoms. The van der Waals surface area contributed by atoms with Crippen molar-refractivity contribution in [1.29, 1.82) is 0 Å². The highest BCUT2D eigenvalue weighted by atomic mass is 32.2. The van der Waals surface area contributed by atoms with Crippen LogP contribution >= 0.6 is 0 Å². The average molecular weight is 190 g/mol. The van der Waals surface area contributed by atoms with E-state index in [2.05, 4.69) is 0 Å². The van der Waals surface area contributed by atoms with Crippen LogP contribution in [0.5, 0.6) is 0 Å². The predicted octanol–water partition coefficient (Wildman–Crippen LogP) is 1.21. The van der Waals surface area contributed by atoms with E-state index in [4.69, 9.17) is 4.55 Å². The summed E-state index contributed by atoms with van der Waals surface area (Å²) in [6.07, 6.45) is 0. The van der Waals surface area contributed by atoms with Gasteiger partial charge in [0.25, 0.3) is 10.1 Å². The summed E-state index contributed by atoms with van der Waals surface area (Å²) in [5.41, 5.74) is -0.0278. The van der Waals surface area contributed by atoms with Crippen LogP contribution in [0.4, 0.5) is 4.39 Å². The Bertz CT molecular complexity index is 372. The molecule has 0 amide bonds. The van der Waals surface area contributed by atoms with E-state index in [-0.39, 0.29) is 5.56 Å². The zero-order chi connectivity index (χ0) is 9.19. The molecule has 0 aliphatic carbocycles. The Morgan fingerprint density at radius 1 is 1.33 bits per heavy atom. The van der Waals surface area contributed by atoms with Gasteiger partial charge in [0.1, 0.15) is 11.6 Å². The van der Waals surface area contributed by atoms with Gasteiger partial charge in [-0.3, -0.25) is 4.55 Å². The van der Waals surface area contributed by atoms with E-state index in [0.717, 1.165) is 6.07 Å². The van der Waals surface area contributed by atoms with Crippen molar-refractivity contribution in [3.8, 4) is 0 Å². The molecule has 0 fully saturated rings. The van der Waals surface area contributed by atoms with Gasteiger partial charge in [0.05, 0.1) is 0 Å². The van der Waals surface area contributed by atoms with E-state index < -0.39 is 21.7 Å². The van der Waals surface area contributed by atoms with Crippen LogP contribution in [0.25, 0.3) is 0 Å². The first-order valence-corrected chi connectivity index (χ1v) is 4.78. The van der Waals surface area contributed by atoms with Crippen molar-refractivity contribution >= 4 is 10.1 Å². The van der Waals surface area contributed by atoms with Crippen molar-refractivity contribution in [3.63, 3.8) is 0 Å². The molecule has 3 nitrogen and oxygen atoms in total. The van der Waals surface area contributed by atoms with Crippen molar-refractivity contribution in [2.24, 2.45) is 0 Å². The highest BCUT2D eigenvalue weighted by molar-refractivity contribution is 7.85. The summed E-state index contributed by atoms with van der Waals surface area (Å²) in [5, 5.41) is 0. The topological polar surface area (TPSA) is 54.4 Å². The summed E-state index contributed by atoms with van der Waals surface area (Å²) in [7, 11) is -4.14. The van der Waals surface area contributed by atoms with Gasteiger partial charge >= 0.3 is 0 Å². The summed E-state index contributed by atoms with van der Waals surface area (Å²) in [5.74, 6) is -1.31. The second-order valence-corrected chi connectivity index (χ2v) is 3.77. The summed E-state index contributed by atoms with van der Waals surface area (Å²) in [6, 6.07) is 5.40. The van der Waals surface area contributed by atoms with Gasteiger partial charge in [0.15, 0.2) is 0 Å². The molecular formula is C7H7FO3S. The molecule has 0 aliphatic heterocycles. The quantitative estimate of drug-likeness (QED) is 0.713. The van der Waals surface area contributed by atoms with Crippen LogP contribution in [0.1, 0.15) is 5.56 Å². The van der Waals surface area contributed by atoms with Crippen molar-refractivity contribution in [2.45, 2.75) is 5.75 Å². The van der Waals surface area contributed by atoms with Crippen LogP contribution < -0.4 is 0 Å². The maximum atomic E-state index is 12.7. The predicted molar refractivity (Wildman–Crippen MR) is 41.7 cm³/mol. The van der Waals surface area contributed by atoms with Crippen LogP contribution in [0.15, 0.2) is 24.3 Å². The van der Waals surface area contributed by atoms with E-state index in [9.17, 15) is 12.8 Å². The third-order valence-electron chi connectivity index (χ3n) is 1.30. The first kappa shape index (κ1) is 9.15. The van der Waals surface area contributed by atoms with Crippen LogP contribution in [0.3, 0.4) is 0 Å². The molecule has 1 rings (SSSR count). The Morgan fingerprint density at radius 3 is 2.42 bits per heavy atom. The molecule has 1 aromatic carbocycles. The monoisotopic (exact) mass is 190 g/mol. The fourth-order valence-electron chi connectivity index (χ4n) is 0.812. The van der Waals surface area contributed by atoms with Crippen LogP contribution in [0, 0.1) is 5.82 Å². The maximum absolute atomic E-state index is 12.7. The summed E-state index contributed by atoms with van der Waals surface area (Å²) in [4.78, 5) is 0. The summed E-state index contributed by atoms with van der Waals surface area (Å²) < 4.78 is 41.8. The van der Waals surface area contributed by atoms with Crippen molar-refractivity contribution in [1.82, 2.24) is 0 Å². The first-order valence-electron chi connectivity index (χ1n) is 3.17. The first-order chi connectivity index (χ1) is 5.49. The Labute approximate surface area is 69.6 Å². The van der Waals surface area contributed by atoms with Crippen LogP contribution in [0.2, 0.25) is 0 Å². The van der Waals surface area contributed by atoms with Crippen molar-refractivity contribution in [2.75, 3.05) is 0 Å². The lowest BCUT2D eigenvalue weighted by Crippen LogP contribution is -2.03. The number of rotatable bonds is 2. The van der Waals surface area contributed by atoms with Gasteiger partial charge in [-0.2, -0.15) is 8.42 Å². The summed E-state index contributed by atoms with van der Waals surface area (Å²) >= 11 is 0. The molecule has 0 aliphatic rings. The zero-order valence-electron chi connectivity index (χ0n) is 6.07. The lowest BCUT2D eigenvalue weighted by molar-refractivity contribution is 0.480. The minimum Gasteiger partial charge on any atom is -0.285 e. The second-order valence-electron chi connectivity index (χ2n) is 2.32. The van der Waals surface area contributed by atoms with Gasteiger partial charge in [-0.15, -0.1) is 0 Å². The van der Waals surface area contributed by atoms with Crippen molar-refractivity contribution < 1.29 is 17.4 Å². The number of benzene rings is 1. The smallest absolute Gasteiger partial charge is 0.269 e. The minimum absolute atomic E-state index is 0.0278. The highest BCUT2D eigenvalue weighted by Gasteiger charge is 2.09. The van der Waals surface area contributed by atoms with E-state index in [1.54, 1.807) is 0 Å². The standard InChI is InChI=1S/C7H7FO3S/c8-7-4-2-1-3-6(7)5-12(9,10)11/h1-4H,5H2,(H,9,10,11). The minimum atomic E-state index is -4.14. The normalized spacial score (nSPS) is 11.5. The van der Waals surface area contributed by atoms with Crippen LogP contribution in [-0.4, -0.2) is 13.0 Å². The lowest BCUT2D eigenvalue weighted by Gasteiger charge is -1.98. The molecule has 1 N–H and O–H groups in total. The molecule has 0 spiro atoms. The Kier molecular flexibility index (Phi) is 2.44. The van der Waals surface area contributed by atoms with E-state index in [1.165, 1.54) is 18.2 Å². The SMILES string of the molecule is O=S(=O)(O)Cc1ccccc1F. The van der Waals surface area contributed by atoms with Crippen molar-refractivity contribution in [3.05, 3.63) is 35.6 Å². The molecule has 0 atom stereocenters. The van der Waals surface area contributed by atoms with Gasteiger partial charge < -0.3 is 0 Å². The molecular weight excluding hydrogens is 183 g/mol. The molecule has 12 heavy (non-hydrogen) atoms. The van der Waals surface area contributed by atoms with Gasteiger partial charge in [0, 0.05) is 5.56 Å². The molecule has 0 unspecified atom stereocenters. The maximum Gasteiger partial charge on any atom is 0.269 e. The Hall–Kier alpha value is -0.940. The lowest BCUT2D eigenvalue weighted by atomic mass is 10.2. The molecule has 0 heterocycles. The zero-order valence-corrected chi connectivity index (χ0v) is 6.88. The Morgan fingerprint density at radius 2 is 1.92 bits per heavy atom. The average Bonchev–Trinajstić information content (AvgIpc) is 1.91. The third kappa shape index (κ3) is 2.60. The van der Waals surface area contributed by atoms with Gasteiger partial charge in [0.2, 0.25) is 0 Å². The van der Waals surface area contributed by atoms with E-state index in [0.29, 0.717) is 0 Å². The molecule has 1 aromatic rings. The fourth-order valence-corrected chi connectivity index (χ4v) is 1.44. The summed E-state index contributed by atoms with van der Waals surface area (Å²) in [6.45, 7) is 0. The number of halogens is 1. The van der Waals surface area contributed by atoms with E-state index >= 15 is 0 Å².